The highest BCUT2D eigenvalue weighted by Gasteiger charge is 2.65. The van der Waals surface area contributed by atoms with Gasteiger partial charge in [0.1, 0.15) is 0 Å². The lowest BCUT2D eigenvalue weighted by Gasteiger charge is -2.26. The summed E-state index contributed by atoms with van der Waals surface area (Å²) in [5.74, 6) is 2.60. The van der Waals surface area contributed by atoms with Gasteiger partial charge in [-0.05, 0) is 54.7 Å². The van der Waals surface area contributed by atoms with Crippen molar-refractivity contribution in [2.45, 2.75) is 63.7 Å². The highest BCUT2D eigenvalue weighted by Crippen LogP contribution is 2.63. The largest absolute Gasteiger partial charge is 0.760 e. The van der Waals surface area contributed by atoms with E-state index in [1.807, 2.05) is 0 Å². The van der Waals surface area contributed by atoms with E-state index >= 15 is 0 Å². The van der Waals surface area contributed by atoms with Crippen molar-refractivity contribution >= 4 is 11.3 Å². The average Bonchev–Trinajstić information content (AvgIpc) is 3.03. The first kappa shape index (κ1) is 20.5. The lowest BCUT2D eigenvalue weighted by atomic mass is 9.86. The highest BCUT2D eigenvalue weighted by atomic mass is 32.2. The summed E-state index contributed by atoms with van der Waals surface area (Å²) in [6.07, 6.45) is 10.9. The molecule has 0 aromatic heterocycles. The van der Waals surface area contributed by atoms with E-state index in [2.05, 4.69) is 40.8 Å². The summed E-state index contributed by atoms with van der Waals surface area (Å²) in [7, 11) is 0. The maximum absolute atomic E-state index is 10.6. The molecule has 4 rings (SSSR count). The zero-order valence-electron chi connectivity index (χ0n) is 17.2. The molecule has 156 valence electrons. The molecular weight excluding hydrogens is 368 g/mol. The van der Waals surface area contributed by atoms with Gasteiger partial charge in [0, 0.05) is 36.3 Å². The number of likely N-dealkylation sites (tertiary alicyclic amines) is 1. The number of piperidine rings is 1. The van der Waals surface area contributed by atoms with Crippen LogP contribution >= 0.6 is 0 Å². The van der Waals surface area contributed by atoms with Crippen LogP contribution in [-0.2, 0) is 23.1 Å². The molecule has 2 aliphatic carbocycles. The molecule has 1 aliphatic heterocycles. The fraction of sp³-hybridized carbons (Fsp3) is 0.739. The van der Waals surface area contributed by atoms with Crippen LogP contribution < -0.4 is 4.72 Å². The van der Waals surface area contributed by atoms with E-state index < -0.39 is 11.3 Å². The van der Waals surface area contributed by atoms with Crippen molar-refractivity contribution in [3.05, 3.63) is 35.4 Å². The Kier molecular flexibility index (Phi) is 6.56. The zero-order chi connectivity index (χ0) is 19.6. The number of nitrogens with one attached hydrogen (secondary N) is 1. The summed E-state index contributed by atoms with van der Waals surface area (Å²) in [6.45, 7) is 6.71. The molecule has 1 N–H and O–H groups in total. The standard InChI is InChI=1S/C23H36N2O2S/c1-23(20-11-5-9-19(15-20)12-13-24-28(26)27)21-16-25(17-22(21)23)14-6-10-18-7-3-2-4-8-18/h5,9,11,15,18,21-22,24H,2-4,6-8,10,12-14,16-17H2,1H3,(H,26,27)/p-1. The van der Waals surface area contributed by atoms with Gasteiger partial charge < -0.3 is 9.45 Å². The van der Waals surface area contributed by atoms with Gasteiger partial charge in [0.15, 0.2) is 0 Å². The minimum atomic E-state index is -2.17. The third-order valence-corrected chi connectivity index (χ3v) is 8.26. The van der Waals surface area contributed by atoms with Gasteiger partial charge >= 0.3 is 0 Å². The second-order valence-corrected chi connectivity index (χ2v) is 10.2. The van der Waals surface area contributed by atoms with Crippen molar-refractivity contribution in [2.75, 3.05) is 26.2 Å². The molecule has 0 radical (unpaired) electrons. The van der Waals surface area contributed by atoms with Gasteiger partial charge in [-0.3, -0.25) is 4.21 Å². The Morgan fingerprint density at radius 2 is 1.96 bits per heavy atom. The maximum atomic E-state index is 10.6. The molecule has 0 amide bonds. The van der Waals surface area contributed by atoms with Gasteiger partial charge in [-0.2, -0.15) is 0 Å². The fourth-order valence-corrected chi connectivity index (χ4v) is 6.26. The first-order valence-electron chi connectivity index (χ1n) is 11.2. The topological polar surface area (TPSA) is 55.4 Å². The minimum Gasteiger partial charge on any atom is -0.760 e. The summed E-state index contributed by atoms with van der Waals surface area (Å²) in [5.41, 5.74) is 3.00. The van der Waals surface area contributed by atoms with Crippen LogP contribution in [0.25, 0.3) is 0 Å². The molecule has 0 spiro atoms. The first-order chi connectivity index (χ1) is 13.6. The molecule has 3 aliphatic rings. The molecule has 5 heteroatoms. The van der Waals surface area contributed by atoms with Gasteiger partial charge in [-0.15, -0.1) is 0 Å². The first-order valence-corrected chi connectivity index (χ1v) is 12.3. The molecule has 2 saturated carbocycles. The van der Waals surface area contributed by atoms with Crippen molar-refractivity contribution in [2.24, 2.45) is 17.8 Å². The summed E-state index contributed by atoms with van der Waals surface area (Å²) in [4.78, 5) is 2.71. The van der Waals surface area contributed by atoms with Crippen molar-refractivity contribution in [3.63, 3.8) is 0 Å². The predicted molar refractivity (Wildman–Crippen MR) is 114 cm³/mol. The van der Waals surface area contributed by atoms with Gasteiger partial charge in [0.2, 0.25) is 0 Å². The smallest absolute Gasteiger partial charge is 0.0181 e. The Balaban J connectivity index is 1.24. The Bertz CT molecular complexity index is 677. The summed E-state index contributed by atoms with van der Waals surface area (Å²) in [5, 5.41) is 0. The number of nitrogens with zero attached hydrogens (tertiary/aromatic N) is 1. The van der Waals surface area contributed by atoms with Crippen molar-refractivity contribution in [1.82, 2.24) is 9.62 Å². The minimum absolute atomic E-state index is 0.324. The number of rotatable bonds is 9. The van der Waals surface area contributed by atoms with E-state index in [1.54, 1.807) is 0 Å². The molecule has 1 aromatic rings. The molecule has 1 aromatic carbocycles. The van der Waals surface area contributed by atoms with E-state index in [0.29, 0.717) is 12.0 Å². The Hall–Kier alpha value is -0.750. The molecule has 28 heavy (non-hydrogen) atoms. The number of hydrogen-bond donors (Lipinski definition) is 1. The molecule has 1 heterocycles. The molecule has 0 bridgehead atoms. The van der Waals surface area contributed by atoms with E-state index in [0.717, 1.165) is 24.2 Å². The molecule has 4 nitrogen and oxygen atoms in total. The highest BCUT2D eigenvalue weighted by molar-refractivity contribution is 7.77. The number of fused-ring (bicyclic) bond motifs is 1. The molecule has 3 atom stereocenters. The maximum Gasteiger partial charge on any atom is 0.0181 e. The van der Waals surface area contributed by atoms with Crippen LogP contribution in [0, 0.1) is 17.8 Å². The lowest BCUT2D eigenvalue weighted by molar-refractivity contribution is 0.253. The SMILES string of the molecule is CC1(c2cccc(CCNS(=O)[O-])c2)C2CN(CCCC3CCCCC3)CC21. The third kappa shape index (κ3) is 4.53. The van der Waals surface area contributed by atoms with Crippen LogP contribution in [0.3, 0.4) is 0 Å². The predicted octanol–water partition coefficient (Wildman–Crippen LogP) is 3.79. The van der Waals surface area contributed by atoms with Gasteiger partial charge in [0.05, 0.1) is 0 Å². The number of hydrogen-bond acceptors (Lipinski definition) is 3. The van der Waals surface area contributed by atoms with Crippen LogP contribution in [0.15, 0.2) is 24.3 Å². The fourth-order valence-electron chi connectivity index (χ4n) is 5.99. The summed E-state index contributed by atoms with van der Waals surface area (Å²) in [6, 6.07) is 8.83. The van der Waals surface area contributed by atoms with Gasteiger partial charge in [-0.25, -0.2) is 4.72 Å². The monoisotopic (exact) mass is 403 g/mol. The summed E-state index contributed by atoms with van der Waals surface area (Å²) >= 11 is -2.17. The van der Waals surface area contributed by atoms with E-state index in [4.69, 9.17) is 0 Å². The van der Waals surface area contributed by atoms with E-state index in [9.17, 15) is 8.76 Å². The van der Waals surface area contributed by atoms with Crippen molar-refractivity contribution < 1.29 is 8.76 Å². The zero-order valence-corrected chi connectivity index (χ0v) is 18.0. The van der Waals surface area contributed by atoms with Gasteiger partial charge in [0.25, 0.3) is 0 Å². The molecular formula is C23H35N2O2S-. The summed E-state index contributed by atoms with van der Waals surface area (Å²) < 4.78 is 23.7. The quantitative estimate of drug-likeness (QED) is 0.638. The molecule has 3 unspecified atom stereocenters. The second kappa shape index (κ2) is 8.95. The van der Waals surface area contributed by atoms with Gasteiger partial charge in [-0.1, -0.05) is 63.3 Å². The Labute approximate surface area is 172 Å². The van der Waals surface area contributed by atoms with E-state index in [-0.39, 0.29) is 0 Å². The average molecular weight is 404 g/mol. The second-order valence-electron chi connectivity index (χ2n) is 9.48. The van der Waals surface area contributed by atoms with E-state index in [1.165, 1.54) is 75.7 Å². The number of benzene rings is 1. The Morgan fingerprint density at radius 1 is 1.21 bits per heavy atom. The van der Waals surface area contributed by atoms with Crippen LogP contribution in [0.5, 0.6) is 0 Å². The lowest BCUT2D eigenvalue weighted by Crippen LogP contribution is -2.30. The van der Waals surface area contributed by atoms with Crippen LogP contribution in [0.4, 0.5) is 0 Å². The molecule has 3 fully saturated rings. The van der Waals surface area contributed by atoms with Crippen LogP contribution in [-0.4, -0.2) is 39.8 Å². The van der Waals surface area contributed by atoms with Crippen LogP contribution in [0.1, 0.15) is 63.0 Å². The normalized spacial score (nSPS) is 31.6. The molecule has 1 saturated heterocycles. The van der Waals surface area contributed by atoms with Crippen LogP contribution in [0.2, 0.25) is 0 Å². The Morgan fingerprint density at radius 3 is 2.68 bits per heavy atom. The van der Waals surface area contributed by atoms with Crippen molar-refractivity contribution in [3.8, 4) is 0 Å². The van der Waals surface area contributed by atoms with Crippen molar-refractivity contribution in [1.29, 1.82) is 0 Å². The third-order valence-electron chi connectivity index (χ3n) is 7.82.